The third kappa shape index (κ3) is 12.6. The van der Waals surface area contributed by atoms with Crippen LogP contribution >= 0.6 is 11.8 Å². The predicted octanol–water partition coefficient (Wildman–Crippen LogP) is 8.38. The van der Waals surface area contributed by atoms with E-state index in [2.05, 4.69) is 34.7 Å². The topological polar surface area (TPSA) is 111 Å². The molecule has 0 aliphatic carbocycles. The Morgan fingerprint density at radius 3 is 2.00 bits per heavy atom. The summed E-state index contributed by atoms with van der Waals surface area (Å²) in [5.74, 6) is 0.854. The number of thioether (sulfide) groups is 1. The fourth-order valence-corrected chi connectivity index (χ4v) is 7.21. The van der Waals surface area contributed by atoms with E-state index in [9.17, 15) is 9.90 Å². The molecule has 4 rings (SSSR count). The van der Waals surface area contributed by atoms with Crippen LogP contribution in [0.25, 0.3) is 0 Å². The van der Waals surface area contributed by atoms with Gasteiger partial charge in [-0.15, -0.1) is 5.10 Å². The van der Waals surface area contributed by atoms with E-state index >= 15 is 0 Å². The molecule has 0 saturated carbocycles. The molecule has 2 N–H and O–H groups in total. The van der Waals surface area contributed by atoms with E-state index in [1.807, 2.05) is 55.6 Å². The quantitative estimate of drug-likeness (QED) is 0.0805. The molecule has 0 spiro atoms. The third-order valence-electron chi connectivity index (χ3n) is 9.33. The van der Waals surface area contributed by atoms with E-state index in [0.29, 0.717) is 18.7 Å². The maximum absolute atomic E-state index is 12.5. The normalized spacial score (nSPS) is 19.4. The number of hydrogen-bond donors (Lipinski definition) is 2. The molecule has 1 aliphatic rings. The monoisotopic (exact) mass is 679 g/mol. The van der Waals surface area contributed by atoms with Gasteiger partial charge in [0.25, 0.3) is 0 Å². The lowest BCUT2D eigenvalue weighted by molar-refractivity contribution is -0.268. The lowest BCUT2D eigenvalue weighted by Crippen LogP contribution is -2.38. The Morgan fingerprint density at radius 1 is 0.833 bits per heavy atom. The fourth-order valence-electron chi connectivity index (χ4n) is 6.20. The number of aromatic nitrogens is 4. The Kier molecular flexibility index (Phi) is 16.9. The lowest BCUT2D eigenvalue weighted by atomic mass is 9.91. The van der Waals surface area contributed by atoms with Crippen molar-refractivity contribution in [3.63, 3.8) is 0 Å². The molecule has 0 radical (unpaired) electrons. The average Bonchev–Trinajstić information content (AvgIpc) is 3.53. The van der Waals surface area contributed by atoms with E-state index in [-0.39, 0.29) is 30.6 Å². The highest BCUT2D eigenvalue weighted by Crippen LogP contribution is 2.42. The number of nitrogens with zero attached hydrogens (tertiary/aromatic N) is 4. The number of nitrogens with one attached hydrogen (secondary N) is 1. The number of rotatable bonds is 22. The summed E-state index contributed by atoms with van der Waals surface area (Å²) in [7, 11) is 1.83. The zero-order valence-electron chi connectivity index (χ0n) is 29.3. The average molecular weight is 680 g/mol. The van der Waals surface area contributed by atoms with Crippen molar-refractivity contribution in [2.24, 2.45) is 13.0 Å². The van der Waals surface area contributed by atoms with Crippen LogP contribution in [-0.4, -0.2) is 43.1 Å². The van der Waals surface area contributed by atoms with Gasteiger partial charge in [-0.2, -0.15) is 0 Å². The number of benzene rings is 2. The number of carbonyl (C=O) groups is 1. The first-order valence-corrected chi connectivity index (χ1v) is 19.2. The molecule has 3 aromatic rings. The number of unbranched alkanes of at least 4 members (excludes halogenated alkanes) is 12. The third-order valence-corrected chi connectivity index (χ3v) is 10.4. The summed E-state index contributed by atoms with van der Waals surface area (Å²) in [6.45, 7) is 4.92. The molecule has 1 unspecified atom stereocenters. The number of hydrogen-bond acceptors (Lipinski definition) is 8. The number of aliphatic hydroxyl groups is 1. The molecule has 48 heavy (non-hydrogen) atoms. The molecular formula is C38H57N5O4S. The summed E-state index contributed by atoms with van der Waals surface area (Å²) in [5, 5.41) is 25.1. The van der Waals surface area contributed by atoms with Gasteiger partial charge in [0, 0.05) is 37.2 Å². The van der Waals surface area contributed by atoms with Crippen molar-refractivity contribution >= 4 is 17.7 Å². The predicted molar refractivity (Wildman–Crippen MR) is 191 cm³/mol. The van der Waals surface area contributed by atoms with Gasteiger partial charge in [-0.3, -0.25) is 4.79 Å². The molecule has 1 saturated heterocycles. The van der Waals surface area contributed by atoms with Crippen LogP contribution in [-0.2, 0) is 34.5 Å². The van der Waals surface area contributed by atoms with Crippen molar-refractivity contribution in [3.05, 3.63) is 70.8 Å². The summed E-state index contributed by atoms with van der Waals surface area (Å²) in [5.41, 5.74) is 3.88. The highest BCUT2D eigenvalue weighted by Gasteiger charge is 2.38. The highest BCUT2D eigenvalue weighted by molar-refractivity contribution is 7.99. The second-order valence-electron chi connectivity index (χ2n) is 13.2. The minimum absolute atomic E-state index is 0.00430. The Labute approximate surface area is 292 Å². The van der Waals surface area contributed by atoms with Crippen LogP contribution in [0.15, 0.2) is 53.7 Å². The summed E-state index contributed by atoms with van der Waals surface area (Å²) in [4.78, 5) is 12.5. The summed E-state index contributed by atoms with van der Waals surface area (Å²) in [6, 6.07) is 16.0. The van der Waals surface area contributed by atoms with Gasteiger partial charge in [-0.25, -0.2) is 4.68 Å². The van der Waals surface area contributed by atoms with Crippen LogP contribution in [0.5, 0.6) is 0 Å². The van der Waals surface area contributed by atoms with Crippen molar-refractivity contribution in [1.29, 1.82) is 0 Å². The Balaban J connectivity index is 1.20. The van der Waals surface area contributed by atoms with Gasteiger partial charge in [0.15, 0.2) is 6.29 Å². The highest BCUT2D eigenvalue weighted by atomic mass is 32.2. The Bertz CT molecular complexity index is 1320. The second kappa shape index (κ2) is 21.3. The number of aliphatic hydroxyl groups excluding tert-OH is 1. The zero-order valence-corrected chi connectivity index (χ0v) is 30.1. The molecule has 4 atom stereocenters. The van der Waals surface area contributed by atoms with Gasteiger partial charge in [-0.05, 0) is 33.5 Å². The fraction of sp³-hybridized carbons (Fsp3) is 0.632. The standard InChI is InChI=1S/C38H57N5O4S/c1-4-5-6-7-8-9-10-11-12-13-14-15-16-17-35(45)39-26-30-18-24-33(25-19-30)37-46-34(28-48-38-40-41-42-43(38)3)29(2)36(47-37)32-22-20-31(27-44)21-23-32/h18-25,29,34,36-37,44H,4-17,26-28H2,1-3H3,(H,39,45)/t29-,34+,36+,37?/m0/s1. The van der Waals surface area contributed by atoms with Crippen molar-refractivity contribution in [2.75, 3.05) is 5.75 Å². The van der Waals surface area contributed by atoms with Crippen molar-refractivity contribution in [3.8, 4) is 0 Å². The lowest BCUT2D eigenvalue weighted by Gasteiger charge is -2.41. The molecule has 1 aromatic heterocycles. The van der Waals surface area contributed by atoms with E-state index in [0.717, 1.165) is 40.3 Å². The molecule has 2 aromatic carbocycles. The van der Waals surface area contributed by atoms with Gasteiger partial charge < -0.3 is 19.9 Å². The van der Waals surface area contributed by atoms with E-state index in [1.54, 1.807) is 16.4 Å². The smallest absolute Gasteiger partial charge is 0.220 e. The SMILES string of the molecule is CCCCCCCCCCCCCCCC(=O)NCc1ccc(C2O[C@H](CSc3nnnn3C)[C@H](C)[C@H](c3ccc(CO)cc3)O2)cc1. The molecule has 1 amide bonds. The summed E-state index contributed by atoms with van der Waals surface area (Å²) >= 11 is 1.56. The van der Waals surface area contributed by atoms with E-state index < -0.39 is 6.29 Å². The molecule has 10 heteroatoms. The van der Waals surface area contributed by atoms with Crippen molar-refractivity contribution < 1.29 is 19.4 Å². The van der Waals surface area contributed by atoms with Crippen molar-refractivity contribution in [1.82, 2.24) is 25.5 Å². The van der Waals surface area contributed by atoms with Crippen LogP contribution in [0.1, 0.15) is 138 Å². The van der Waals surface area contributed by atoms with Crippen LogP contribution in [0.4, 0.5) is 0 Å². The number of ether oxygens (including phenoxy) is 2. The first kappa shape index (κ1) is 38.0. The van der Waals surface area contributed by atoms with Crippen LogP contribution in [0.2, 0.25) is 0 Å². The second-order valence-corrected chi connectivity index (χ2v) is 14.2. The minimum atomic E-state index is -0.550. The van der Waals surface area contributed by atoms with E-state index in [4.69, 9.17) is 9.47 Å². The van der Waals surface area contributed by atoms with Crippen LogP contribution in [0, 0.1) is 5.92 Å². The van der Waals surface area contributed by atoms with Gasteiger partial charge in [0.2, 0.25) is 11.1 Å². The van der Waals surface area contributed by atoms with Gasteiger partial charge in [-0.1, -0.05) is 151 Å². The van der Waals surface area contributed by atoms with Gasteiger partial charge in [0.1, 0.15) is 0 Å². The molecule has 0 bridgehead atoms. The van der Waals surface area contributed by atoms with Gasteiger partial charge >= 0.3 is 0 Å². The van der Waals surface area contributed by atoms with E-state index in [1.165, 1.54) is 70.6 Å². The summed E-state index contributed by atoms with van der Waals surface area (Å²) < 4.78 is 14.8. The van der Waals surface area contributed by atoms with Gasteiger partial charge in [0.05, 0.1) is 18.8 Å². The first-order valence-electron chi connectivity index (χ1n) is 18.2. The van der Waals surface area contributed by atoms with Crippen molar-refractivity contribution in [2.45, 2.75) is 141 Å². The molecule has 264 valence electrons. The largest absolute Gasteiger partial charge is 0.392 e. The summed E-state index contributed by atoms with van der Waals surface area (Å²) in [6.07, 6.45) is 16.7. The Morgan fingerprint density at radius 2 is 1.42 bits per heavy atom. The molecule has 2 heterocycles. The van der Waals surface area contributed by atoms with Crippen LogP contribution < -0.4 is 5.32 Å². The number of tetrazole rings is 1. The zero-order chi connectivity index (χ0) is 34.0. The van der Waals surface area contributed by atoms with Crippen LogP contribution in [0.3, 0.4) is 0 Å². The molecular weight excluding hydrogens is 623 g/mol. The number of carbonyl (C=O) groups excluding carboxylic acids is 1. The molecule has 1 aliphatic heterocycles. The number of amides is 1. The first-order chi connectivity index (χ1) is 23.5. The molecule has 1 fully saturated rings. The Hall–Kier alpha value is -2.79. The number of aryl methyl sites for hydroxylation is 1. The molecule has 9 nitrogen and oxygen atoms in total. The maximum Gasteiger partial charge on any atom is 0.220 e. The minimum Gasteiger partial charge on any atom is -0.392 e. The maximum atomic E-state index is 12.5.